The molecule has 0 aromatic heterocycles. The first-order chi connectivity index (χ1) is 18.8. The van der Waals surface area contributed by atoms with Gasteiger partial charge in [0.1, 0.15) is 55.1 Å². The van der Waals surface area contributed by atoms with E-state index < -0.39 is 118 Å². The van der Waals surface area contributed by atoms with Crippen LogP contribution in [0, 0.1) is 5.92 Å². The Morgan fingerprint density at radius 2 is 1.45 bits per heavy atom. The maximum atomic E-state index is 10.8. The Kier molecular flexibility index (Phi) is 12.4. The quantitative estimate of drug-likeness (QED) is 0.0943. The zero-order valence-electron chi connectivity index (χ0n) is 22.1. The normalized spacial score (nSPS) is 45.7. The van der Waals surface area contributed by atoms with Crippen molar-refractivity contribution in [3.63, 3.8) is 0 Å². The number of ether oxygens (including phenoxy) is 5. The summed E-state index contributed by atoms with van der Waals surface area (Å²) in [5, 5.41) is 114. The summed E-state index contributed by atoms with van der Waals surface area (Å²) in [6.07, 6.45) is -22.3. The molecule has 0 saturated carbocycles. The summed E-state index contributed by atoms with van der Waals surface area (Å²) in [7, 11) is 0. The Labute approximate surface area is 230 Å². The summed E-state index contributed by atoms with van der Waals surface area (Å²) < 4.78 is 27.8. The van der Waals surface area contributed by atoms with E-state index in [0.717, 1.165) is 0 Å². The molecule has 0 spiro atoms. The van der Waals surface area contributed by atoms with E-state index in [0.29, 0.717) is 0 Å². The predicted molar refractivity (Wildman–Crippen MR) is 127 cm³/mol. The second kappa shape index (κ2) is 14.7. The molecule has 0 amide bonds. The van der Waals surface area contributed by atoms with Gasteiger partial charge < -0.3 is 79.9 Å². The minimum absolute atomic E-state index is 0.0495. The molecule has 17 heteroatoms. The van der Waals surface area contributed by atoms with Gasteiger partial charge in [-0.05, 0) is 26.2 Å². The summed E-state index contributed by atoms with van der Waals surface area (Å²) in [6, 6.07) is -1.29. The van der Waals surface area contributed by atoms with Crippen molar-refractivity contribution in [2.75, 3.05) is 13.2 Å². The first kappa shape index (κ1) is 33.8. The Bertz CT molecular complexity index is 764. The zero-order chi connectivity index (χ0) is 29.9. The van der Waals surface area contributed by atoms with Crippen LogP contribution < -0.4 is 5.32 Å². The molecule has 0 radical (unpaired) electrons. The highest BCUT2D eigenvalue weighted by atomic mass is 16.8. The van der Waals surface area contributed by atoms with Crippen molar-refractivity contribution in [3.05, 3.63) is 0 Å². The number of rotatable bonds is 12. The summed E-state index contributed by atoms with van der Waals surface area (Å²) in [5.74, 6) is -0.547. The van der Waals surface area contributed by atoms with Crippen LogP contribution >= 0.6 is 0 Å². The van der Waals surface area contributed by atoms with E-state index in [1.807, 2.05) is 0 Å². The minimum Gasteiger partial charge on any atom is -0.394 e. The molecule has 3 saturated heterocycles. The van der Waals surface area contributed by atoms with Crippen molar-refractivity contribution in [2.24, 2.45) is 5.92 Å². The van der Waals surface area contributed by atoms with Gasteiger partial charge in [-0.1, -0.05) is 0 Å². The van der Waals surface area contributed by atoms with E-state index in [1.165, 1.54) is 13.8 Å². The molecule has 17 nitrogen and oxygen atoms in total. The number of nitrogens with one attached hydrogen (secondary N) is 1. The largest absolute Gasteiger partial charge is 0.394 e. The first-order valence-electron chi connectivity index (χ1n) is 13.2. The SMILES string of the molecule is CC(O)CC1CC(OC2OC(OC3C(CO)OC(O)C(NC(C)O)C3O)C(O)C(O)C2O)OC1C(O)C(O)CO. The summed E-state index contributed by atoms with van der Waals surface area (Å²) in [4.78, 5) is 0. The Morgan fingerprint density at radius 1 is 0.825 bits per heavy atom. The van der Waals surface area contributed by atoms with Crippen LogP contribution in [-0.2, 0) is 23.7 Å². The van der Waals surface area contributed by atoms with E-state index in [4.69, 9.17) is 23.7 Å². The third kappa shape index (κ3) is 7.82. The van der Waals surface area contributed by atoms with Crippen LogP contribution in [0.5, 0.6) is 0 Å². The van der Waals surface area contributed by atoms with Gasteiger partial charge in [-0.25, -0.2) is 0 Å². The van der Waals surface area contributed by atoms with Gasteiger partial charge in [-0.2, -0.15) is 0 Å². The number of aliphatic hydroxyl groups is 11. The molecular weight excluding hydrogens is 546 g/mol. The third-order valence-electron chi connectivity index (χ3n) is 7.24. The summed E-state index contributed by atoms with van der Waals surface area (Å²) in [6.45, 7) is 1.35. The average molecular weight is 590 g/mol. The van der Waals surface area contributed by atoms with Gasteiger partial charge in [-0.15, -0.1) is 0 Å². The molecule has 3 rings (SSSR count). The molecule has 3 fully saturated rings. The van der Waals surface area contributed by atoms with Crippen molar-refractivity contribution in [1.29, 1.82) is 0 Å². The highest BCUT2D eigenvalue weighted by molar-refractivity contribution is 4.96. The molecule has 0 aliphatic carbocycles. The lowest BCUT2D eigenvalue weighted by Crippen LogP contribution is -2.67. The monoisotopic (exact) mass is 589 g/mol. The molecule has 12 N–H and O–H groups in total. The van der Waals surface area contributed by atoms with E-state index in [-0.39, 0.29) is 12.8 Å². The molecule has 3 aliphatic heterocycles. The maximum absolute atomic E-state index is 10.8. The van der Waals surface area contributed by atoms with E-state index in [2.05, 4.69) is 5.32 Å². The van der Waals surface area contributed by atoms with Crippen molar-refractivity contribution >= 4 is 0 Å². The van der Waals surface area contributed by atoms with Crippen LogP contribution in [0.3, 0.4) is 0 Å². The second-order valence-electron chi connectivity index (χ2n) is 10.5. The highest BCUT2D eigenvalue weighted by Crippen LogP contribution is 2.36. The number of hydrogen-bond acceptors (Lipinski definition) is 17. The fraction of sp³-hybridized carbons (Fsp3) is 1.00. The fourth-order valence-electron chi connectivity index (χ4n) is 5.22. The first-order valence-corrected chi connectivity index (χ1v) is 13.2. The van der Waals surface area contributed by atoms with E-state index in [1.54, 1.807) is 0 Å². The van der Waals surface area contributed by atoms with Crippen LogP contribution in [0.25, 0.3) is 0 Å². The summed E-state index contributed by atoms with van der Waals surface area (Å²) in [5.41, 5.74) is 0. The van der Waals surface area contributed by atoms with Crippen LogP contribution in [0.4, 0.5) is 0 Å². The molecule has 0 aromatic carbocycles. The van der Waals surface area contributed by atoms with Crippen molar-refractivity contribution < 1.29 is 79.9 Å². The minimum atomic E-state index is -1.89. The predicted octanol–water partition coefficient (Wildman–Crippen LogP) is -6.26. The molecule has 40 heavy (non-hydrogen) atoms. The highest BCUT2D eigenvalue weighted by Gasteiger charge is 2.52. The smallest absolute Gasteiger partial charge is 0.192 e. The van der Waals surface area contributed by atoms with Gasteiger partial charge >= 0.3 is 0 Å². The van der Waals surface area contributed by atoms with Crippen molar-refractivity contribution in [2.45, 2.75) is 125 Å². The Hall–Kier alpha value is -0.680. The molecular formula is C23H43NO16. The molecule has 0 aromatic rings. The van der Waals surface area contributed by atoms with Gasteiger partial charge in [0.05, 0.1) is 31.5 Å². The van der Waals surface area contributed by atoms with Crippen molar-refractivity contribution in [1.82, 2.24) is 5.32 Å². The van der Waals surface area contributed by atoms with Crippen LogP contribution in [0.2, 0.25) is 0 Å². The standard InChI is InChI=1S/C23H43NO16/c1-7(27)3-9-4-12(37-19(9)14(30)10(29)5-25)38-22-17(33)16(32)18(34)23(40-22)39-20-11(6-26)36-21(35)13(15(20)31)24-8(2)28/h7-35H,3-6H2,1-2H3. The lowest BCUT2D eigenvalue weighted by atomic mass is 9.90. The van der Waals surface area contributed by atoms with E-state index >= 15 is 0 Å². The van der Waals surface area contributed by atoms with Crippen LogP contribution in [0.15, 0.2) is 0 Å². The molecule has 3 heterocycles. The molecule has 236 valence electrons. The lowest BCUT2D eigenvalue weighted by molar-refractivity contribution is -0.392. The number of aliphatic hydroxyl groups excluding tert-OH is 11. The van der Waals surface area contributed by atoms with Gasteiger partial charge in [0.15, 0.2) is 25.2 Å². The second-order valence-corrected chi connectivity index (χ2v) is 10.5. The van der Waals surface area contributed by atoms with Crippen LogP contribution in [0.1, 0.15) is 26.7 Å². The third-order valence-corrected chi connectivity index (χ3v) is 7.24. The van der Waals surface area contributed by atoms with Gasteiger partial charge in [-0.3, -0.25) is 5.32 Å². The molecule has 17 unspecified atom stereocenters. The molecule has 17 atom stereocenters. The Balaban J connectivity index is 1.73. The Morgan fingerprint density at radius 3 is 2.00 bits per heavy atom. The van der Waals surface area contributed by atoms with Gasteiger partial charge in [0, 0.05) is 6.42 Å². The fourth-order valence-corrected chi connectivity index (χ4v) is 5.22. The lowest BCUT2D eigenvalue weighted by Gasteiger charge is -2.46. The zero-order valence-corrected chi connectivity index (χ0v) is 22.1. The maximum Gasteiger partial charge on any atom is 0.192 e. The topological polar surface area (TPSA) is 281 Å². The van der Waals surface area contributed by atoms with E-state index in [9.17, 15) is 56.2 Å². The molecule has 3 aliphatic rings. The average Bonchev–Trinajstić information content (AvgIpc) is 3.29. The summed E-state index contributed by atoms with van der Waals surface area (Å²) >= 11 is 0. The molecule has 0 bridgehead atoms. The number of hydrogen-bond donors (Lipinski definition) is 12. The van der Waals surface area contributed by atoms with Gasteiger partial charge in [0.25, 0.3) is 0 Å². The van der Waals surface area contributed by atoms with Crippen molar-refractivity contribution in [3.8, 4) is 0 Å². The van der Waals surface area contributed by atoms with Gasteiger partial charge in [0.2, 0.25) is 0 Å². The van der Waals surface area contributed by atoms with Crippen LogP contribution in [-0.4, -0.2) is 168 Å².